The third kappa shape index (κ3) is 4.99. The summed E-state index contributed by atoms with van der Waals surface area (Å²) in [5, 5.41) is 11.4. The number of benzene rings is 2. The predicted octanol–water partition coefficient (Wildman–Crippen LogP) is 4.33. The predicted molar refractivity (Wildman–Crippen MR) is 125 cm³/mol. The van der Waals surface area contributed by atoms with E-state index in [1.165, 1.54) is 12.1 Å². The Hall–Kier alpha value is -3.42. The highest BCUT2D eigenvalue weighted by molar-refractivity contribution is 6.01. The number of methoxy groups -OCH3 is 1. The van der Waals surface area contributed by atoms with Crippen LogP contribution in [0.4, 0.5) is 11.4 Å². The van der Waals surface area contributed by atoms with E-state index in [4.69, 9.17) is 4.74 Å². The van der Waals surface area contributed by atoms with Gasteiger partial charge in [-0.15, -0.1) is 0 Å². The Morgan fingerprint density at radius 2 is 1.64 bits per heavy atom. The molecule has 0 unspecified atom stereocenters. The monoisotopic (exact) mass is 451 g/mol. The molecule has 0 aromatic heterocycles. The molecule has 1 amide bonds. The zero-order valence-corrected chi connectivity index (χ0v) is 18.9. The van der Waals surface area contributed by atoms with Crippen molar-refractivity contribution in [2.24, 2.45) is 5.92 Å². The Morgan fingerprint density at radius 1 is 0.970 bits per heavy atom. The summed E-state index contributed by atoms with van der Waals surface area (Å²) in [6.07, 6.45) is 4.39. The molecular weight excluding hydrogens is 422 g/mol. The molecule has 2 aromatic carbocycles. The number of hydrogen-bond acceptors (Lipinski definition) is 6. The highest BCUT2D eigenvalue weighted by atomic mass is 16.6. The number of amides is 1. The van der Waals surface area contributed by atoms with Gasteiger partial charge in [-0.25, -0.2) is 0 Å². The van der Waals surface area contributed by atoms with Gasteiger partial charge in [0.25, 0.3) is 11.6 Å². The summed E-state index contributed by atoms with van der Waals surface area (Å²) in [5.74, 6) is 0.436. The van der Waals surface area contributed by atoms with Gasteiger partial charge in [0, 0.05) is 49.8 Å². The number of likely N-dealkylation sites (tertiary alicyclic amines) is 1. The van der Waals surface area contributed by atoms with Gasteiger partial charge >= 0.3 is 0 Å². The van der Waals surface area contributed by atoms with Crippen LogP contribution in [0.1, 0.15) is 52.8 Å². The second kappa shape index (κ2) is 10.0. The fourth-order valence-electron chi connectivity index (χ4n) is 4.73. The van der Waals surface area contributed by atoms with E-state index in [2.05, 4.69) is 4.90 Å². The quantitative estimate of drug-likeness (QED) is 0.369. The number of rotatable bonds is 6. The van der Waals surface area contributed by atoms with Gasteiger partial charge in [0.2, 0.25) is 0 Å². The Labute approximate surface area is 193 Å². The van der Waals surface area contributed by atoms with Crippen molar-refractivity contribution in [2.75, 3.05) is 38.2 Å². The van der Waals surface area contributed by atoms with E-state index in [-0.39, 0.29) is 23.3 Å². The number of piperidine rings is 2. The largest absolute Gasteiger partial charge is 0.497 e. The van der Waals surface area contributed by atoms with Crippen LogP contribution in [-0.2, 0) is 0 Å². The highest BCUT2D eigenvalue weighted by Crippen LogP contribution is 2.31. The molecular formula is C25H29N3O5. The van der Waals surface area contributed by atoms with Gasteiger partial charge in [-0.05, 0) is 62.4 Å². The number of nitrogens with zero attached hydrogens (tertiary/aromatic N) is 3. The summed E-state index contributed by atoms with van der Waals surface area (Å²) in [6.45, 7) is 2.59. The minimum Gasteiger partial charge on any atom is -0.497 e. The number of anilines is 1. The lowest BCUT2D eigenvalue weighted by Gasteiger charge is -2.34. The second-order valence-corrected chi connectivity index (χ2v) is 8.67. The Kier molecular flexibility index (Phi) is 6.91. The zero-order chi connectivity index (χ0) is 23.4. The average molecular weight is 452 g/mol. The maximum Gasteiger partial charge on any atom is 0.270 e. The van der Waals surface area contributed by atoms with Crippen molar-refractivity contribution in [2.45, 2.75) is 32.1 Å². The summed E-state index contributed by atoms with van der Waals surface area (Å²) in [7, 11) is 1.58. The number of hydrogen-bond donors (Lipinski definition) is 0. The fourth-order valence-corrected chi connectivity index (χ4v) is 4.73. The Morgan fingerprint density at radius 3 is 2.24 bits per heavy atom. The van der Waals surface area contributed by atoms with E-state index in [0.29, 0.717) is 42.8 Å². The van der Waals surface area contributed by atoms with Gasteiger partial charge in [-0.3, -0.25) is 19.7 Å². The first-order valence-corrected chi connectivity index (χ1v) is 11.5. The van der Waals surface area contributed by atoms with Crippen LogP contribution in [0.5, 0.6) is 5.75 Å². The Balaban J connectivity index is 1.48. The number of carbonyl (C=O) groups is 2. The molecule has 2 aromatic rings. The molecule has 174 valence electrons. The molecule has 2 aliphatic rings. The van der Waals surface area contributed by atoms with Gasteiger partial charge in [-0.2, -0.15) is 0 Å². The van der Waals surface area contributed by atoms with Crippen molar-refractivity contribution >= 4 is 23.1 Å². The standard InChI is InChI=1S/C25H29N3O5/c1-33-21-8-5-18(6-9-21)24(29)19-11-15-27(16-12-19)25(30)22-17-20(28(31)32)7-10-23(22)26-13-3-2-4-14-26/h5-10,17,19H,2-4,11-16H2,1H3. The molecule has 0 atom stereocenters. The normalized spacial score (nSPS) is 17.0. The van der Waals surface area contributed by atoms with Crippen LogP contribution in [0, 0.1) is 16.0 Å². The molecule has 33 heavy (non-hydrogen) atoms. The first kappa shape index (κ1) is 22.8. The molecule has 0 N–H and O–H groups in total. The number of ketones is 1. The fraction of sp³-hybridized carbons (Fsp3) is 0.440. The van der Waals surface area contributed by atoms with E-state index in [1.807, 2.05) is 0 Å². The van der Waals surface area contributed by atoms with Gasteiger partial charge in [0.15, 0.2) is 5.78 Å². The van der Waals surface area contributed by atoms with Crippen molar-refractivity contribution in [1.29, 1.82) is 0 Å². The second-order valence-electron chi connectivity index (χ2n) is 8.67. The molecule has 8 nitrogen and oxygen atoms in total. The van der Waals surface area contributed by atoms with E-state index in [9.17, 15) is 19.7 Å². The zero-order valence-electron chi connectivity index (χ0n) is 18.9. The molecule has 0 saturated carbocycles. The summed E-state index contributed by atoms with van der Waals surface area (Å²) in [4.78, 5) is 41.1. The molecule has 8 heteroatoms. The number of Topliss-reactive ketones (excluding diaryl/α,β-unsaturated/α-hetero) is 1. The third-order valence-electron chi connectivity index (χ3n) is 6.65. The third-order valence-corrected chi connectivity index (χ3v) is 6.65. The molecule has 0 spiro atoms. The number of carbonyl (C=O) groups excluding carboxylic acids is 2. The van der Waals surface area contributed by atoms with Gasteiger partial charge in [0.05, 0.1) is 23.3 Å². The van der Waals surface area contributed by atoms with Gasteiger partial charge in [-0.1, -0.05) is 0 Å². The van der Waals surface area contributed by atoms with Crippen molar-refractivity contribution in [3.05, 3.63) is 63.7 Å². The van der Waals surface area contributed by atoms with Crippen molar-refractivity contribution in [3.63, 3.8) is 0 Å². The lowest BCUT2D eigenvalue weighted by molar-refractivity contribution is -0.384. The SMILES string of the molecule is COc1ccc(C(=O)C2CCN(C(=O)c3cc([N+](=O)[O-])ccc3N3CCCCC3)CC2)cc1. The van der Waals surface area contributed by atoms with Gasteiger partial charge in [0.1, 0.15) is 5.75 Å². The summed E-state index contributed by atoms with van der Waals surface area (Å²) in [6, 6.07) is 11.7. The minimum absolute atomic E-state index is 0.0779. The maximum absolute atomic E-state index is 13.4. The maximum atomic E-state index is 13.4. The van der Waals surface area contributed by atoms with Crippen LogP contribution in [0.25, 0.3) is 0 Å². The highest BCUT2D eigenvalue weighted by Gasteiger charge is 2.31. The van der Waals surface area contributed by atoms with Crippen LogP contribution in [0.3, 0.4) is 0 Å². The first-order chi connectivity index (χ1) is 16.0. The number of nitro groups is 1. The molecule has 2 aliphatic heterocycles. The number of non-ortho nitro benzene ring substituents is 1. The summed E-state index contributed by atoms with van der Waals surface area (Å²) >= 11 is 0. The van der Waals surface area contributed by atoms with E-state index in [1.54, 1.807) is 42.3 Å². The molecule has 4 rings (SSSR count). The average Bonchev–Trinajstić information content (AvgIpc) is 2.88. The topological polar surface area (TPSA) is 93.0 Å². The van der Waals surface area contributed by atoms with Gasteiger partial charge < -0.3 is 14.5 Å². The van der Waals surface area contributed by atoms with Crippen molar-refractivity contribution < 1.29 is 19.2 Å². The summed E-state index contributed by atoms with van der Waals surface area (Å²) in [5.41, 5.74) is 1.71. The minimum atomic E-state index is -0.462. The van der Waals surface area contributed by atoms with Crippen molar-refractivity contribution in [1.82, 2.24) is 4.90 Å². The number of ether oxygens (including phenoxy) is 1. The molecule has 2 saturated heterocycles. The molecule has 0 radical (unpaired) electrons. The Bertz CT molecular complexity index is 1020. The van der Waals surface area contributed by atoms with E-state index >= 15 is 0 Å². The van der Waals surface area contributed by atoms with Crippen LogP contribution < -0.4 is 9.64 Å². The molecule has 0 aliphatic carbocycles. The number of nitro benzene ring substituents is 1. The van der Waals surface area contributed by atoms with Crippen molar-refractivity contribution in [3.8, 4) is 5.75 Å². The lowest BCUT2D eigenvalue weighted by atomic mass is 9.88. The van der Waals surface area contributed by atoms with Crippen LogP contribution in [0.2, 0.25) is 0 Å². The van der Waals surface area contributed by atoms with Crippen LogP contribution >= 0.6 is 0 Å². The smallest absolute Gasteiger partial charge is 0.270 e. The first-order valence-electron chi connectivity index (χ1n) is 11.5. The molecule has 0 bridgehead atoms. The molecule has 2 fully saturated rings. The lowest BCUT2D eigenvalue weighted by Crippen LogP contribution is -2.41. The molecule has 2 heterocycles. The van der Waals surface area contributed by atoms with E-state index < -0.39 is 4.92 Å². The van der Waals surface area contributed by atoms with E-state index in [0.717, 1.165) is 38.0 Å². The van der Waals surface area contributed by atoms with Crippen LogP contribution in [-0.4, -0.2) is 54.8 Å². The summed E-state index contributed by atoms with van der Waals surface area (Å²) < 4.78 is 5.15. The van der Waals surface area contributed by atoms with Crippen LogP contribution in [0.15, 0.2) is 42.5 Å².